The fourth-order valence-electron chi connectivity index (χ4n) is 7.41. The molecule has 0 saturated heterocycles. The van der Waals surface area contributed by atoms with E-state index in [9.17, 15) is 0 Å². The third kappa shape index (κ3) is 5.97. The van der Waals surface area contributed by atoms with Crippen molar-refractivity contribution in [2.45, 2.75) is 0 Å². The molecule has 0 unspecified atom stereocenters. The lowest BCUT2D eigenvalue weighted by Crippen LogP contribution is -1.97. The summed E-state index contributed by atoms with van der Waals surface area (Å²) in [7, 11) is 0. The van der Waals surface area contributed by atoms with E-state index in [1.54, 1.807) is 0 Å². The molecule has 0 spiro atoms. The fourth-order valence-corrected chi connectivity index (χ4v) is 7.41. The molecule has 0 heterocycles. The number of hydrogen-bond acceptors (Lipinski definition) is 2. The topological polar surface area (TPSA) is 24.1 Å². The van der Waals surface area contributed by atoms with Crippen molar-refractivity contribution in [2.24, 2.45) is 0 Å². The van der Waals surface area contributed by atoms with Gasteiger partial charge >= 0.3 is 0 Å². The van der Waals surface area contributed by atoms with Gasteiger partial charge in [0.05, 0.1) is 11.4 Å². The molecule has 0 fully saturated rings. The fraction of sp³-hybridized carbons (Fsp3) is 0. The highest BCUT2D eigenvalue weighted by Crippen LogP contribution is 2.46. The van der Waals surface area contributed by atoms with Gasteiger partial charge in [-0.3, -0.25) is 0 Å². The molecule has 0 bridgehead atoms. The van der Waals surface area contributed by atoms with E-state index >= 15 is 0 Å². The second-order valence-corrected chi connectivity index (χ2v) is 13.1. The highest BCUT2D eigenvalue weighted by atomic mass is 15.0. The van der Waals surface area contributed by atoms with Gasteiger partial charge in [0.1, 0.15) is 0 Å². The van der Waals surface area contributed by atoms with E-state index in [1.807, 2.05) is 18.2 Å². The second-order valence-electron chi connectivity index (χ2n) is 13.1. The van der Waals surface area contributed by atoms with Gasteiger partial charge in [0.15, 0.2) is 0 Å². The summed E-state index contributed by atoms with van der Waals surface area (Å²) in [6, 6.07) is 73.6. The van der Waals surface area contributed by atoms with Crippen molar-refractivity contribution < 1.29 is 0 Å². The molecule has 0 aromatic heterocycles. The molecule has 52 heavy (non-hydrogen) atoms. The molecule has 0 aliphatic carbocycles. The van der Waals surface area contributed by atoms with Gasteiger partial charge in [-0.05, 0) is 102 Å². The summed E-state index contributed by atoms with van der Waals surface area (Å²) in [5.41, 5.74) is 13.9. The average Bonchev–Trinajstić information content (AvgIpc) is 3.22. The van der Waals surface area contributed by atoms with Crippen LogP contribution >= 0.6 is 0 Å². The minimum Gasteiger partial charge on any atom is -0.354 e. The normalized spacial score (nSPS) is 11.1. The molecular weight excluding hydrogens is 629 g/mol. The first kappa shape index (κ1) is 31.1. The zero-order chi connectivity index (χ0) is 34.7. The molecule has 0 aliphatic heterocycles. The van der Waals surface area contributed by atoms with Crippen molar-refractivity contribution in [3.05, 3.63) is 206 Å². The summed E-state index contributed by atoms with van der Waals surface area (Å²) in [6.45, 7) is 0. The minimum atomic E-state index is 1.02. The maximum absolute atomic E-state index is 3.65. The molecule has 0 amide bonds. The Balaban J connectivity index is 1.12. The van der Waals surface area contributed by atoms with Crippen LogP contribution in [0.4, 0.5) is 22.7 Å². The van der Waals surface area contributed by atoms with Crippen molar-refractivity contribution in [1.82, 2.24) is 0 Å². The van der Waals surface area contributed by atoms with Gasteiger partial charge < -0.3 is 10.6 Å². The van der Waals surface area contributed by atoms with Crippen LogP contribution in [0.5, 0.6) is 0 Å². The van der Waals surface area contributed by atoms with E-state index in [0.29, 0.717) is 0 Å². The molecule has 2 heteroatoms. The zero-order valence-electron chi connectivity index (χ0n) is 28.6. The summed E-state index contributed by atoms with van der Waals surface area (Å²) < 4.78 is 0. The molecular formula is C50H36N2. The molecule has 246 valence electrons. The van der Waals surface area contributed by atoms with E-state index in [4.69, 9.17) is 0 Å². The Labute approximate surface area is 304 Å². The van der Waals surface area contributed by atoms with Crippen molar-refractivity contribution in [3.8, 4) is 44.5 Å². The summed E-state index contributed by atoms with van der Waals surface area (Å²) in [5.74, 6) is 0. The smallest absolute Gasteiger partial charge is 0.0623 e. The van der Waals surface area contributed by atoms with E-state index in [0.717, 1.165) is 22.7 Å². The first-order valence-corrected chi connectivity index (χ1v) is 17.8. The van der Waals surface area contributed by atoms with Crippen LogP contribution in [0.1, 0.15) is 0 Å². The number of para-hydroxylation sites is 3. The van der Waals surface area contributed by atoms with Crippen molar-refractivity contribution in [2.75, 3.05) is 10.6 Å². The van der Waals surface area contributed by atoms with Gasteiger partial charge in [-0.25, -0.2) is 0 Å². The molecule has 0 saturated carbocycles. The number of rotatable bonds is 8. The van der Waals surface area contributed by atoms with Gasteiger partial charge in [-0.2, -0.15) is 0 Å². The average molecular weight is 665 g/mol. The van der Waals surface area contributed by atoms with E-state index in [1.165, 1.54) is 66.1 Å². The number of hydrogen-bond donors (Lipinski definition) is 2. The highest BCUT2D eigenvalue weighted by Gasteiger charge is 2.19. The maximum atomic E-state index is 3.65. The van der Waals surface area contributed by atoms with E-state index in [-0.39, 0.29) is 0 Å². The molecule has 2 nitrogen and oxygen atoms in total. The van der Waals surface area contributed by atoms with Crippen LogP contribution < -0.4 is 10.6 Å². The Morgan fingerprint density at radius 3 is 1.19 bits per heavy atom. The summed E-state index contributed by atoms with van der Waals surface area (Å²) in [4.78, 5) is 0. The van der Waals surface area contributed by atoms with Gasteiger partial charge in [-0.15, -0.1) is 0 Å². The minimum absolute atomic E-state index is 1.02. The van der Waals surface area contributed by atoms with Crippen LogP contribution in [0, 0.1) is 0 Å². The Bertz CT molecular complexity index is 2590. The van der Waals surface area contributed by atoms with Crippen molar-refractivity contribution in [3.63, 3.8) is 0 Å². The first-order valence-electron chi connectivity index (χ1n) is 17.8. The van der Waals surface area contributed by atoms with Crippen molar-refractivity contribution >= 4 is 44.3 Å². The third-order valence-corrected chi connectivity index (χ3v) is 9.86. The molecule has 0 aliphatic rings. The maximum Gasteiger partial charge on any atom is 0.0623 e. The van der Waals surface area contributed by atoms with Crippen LogP contribution in [0.2, 0.25) is 0 Å². The van der Waals surface area contributed by atoms with Crippen LogP contribution in [0.25, 0.3) is 66.1 Å². The van der Waals surface area contributed by atoms with Crippen LogP contribution in [-0.2, 0) is 0 Å². The lowest BCUT2D eigenvalue weighted by Gasteiger charge is -2.20. The van der Waals surface area contributed by atoms with Gasteiger partial charge in [0, 0.05) is 11.4 Å². The highest BCUT2D eigenvalue weighted by molar-refractivity contribution is 6.22. The first-order chi connectivity index (χ1) is 25.8. The van der Waals surface area contributed by atoms with Crippen LogP contribution in [0.15, 0.2) is 206 Å². The molecule has 9 aromatic rings. The van der Waals surface area contributed by atoms with Gasteiger partial charge in [0.25, 0.3) is 0 Å². The monoisotopic (exact) mass is 664 g/mol. The lowest BCUT2D eigenvalue weighted by molar-refractivity contribution is 1.50. The predicted octanol–water partition coefficient (Wildman–Crippen LogP) is 14.1. The zero-order valence-corrected chi connectivity index (χ0v) is 28.6. The molecule has 9 aromatic carbocycles. The second kappa shape index (κ2) is 13.8. The van der Waals surface area contributed by atoms with E-state index < -0.39 is 0 Å². The predicted molar refractivity (Wildman–Crippen MR) is 223 cm³/mol. The molecule has 2 N–H and O–H groups in total. The summed E-state index contributed by atoms with van der Waals surface area (Å²) in [6.07, 6.45) is 0. The summed E-state index contributed by atoms with van der Waals surface area (Å²) >= 11 is 0. The molecule has 9 rings (SSSR count). The standard InChI is InChI=1S/C50H36N2/c1-3-15-35(16-4-1)36-27-29-37(30-28-36)41-19-7-8-20-42(41)50-45-23-11-9-21-43(45)49(44-22-10-12-24-46(44)50)38-31-33-40(34-32-38)52-48-26-14-13-25-47(48)51-39-17-5-2-6-18-39/h1-34,51-52H. The quantitative estimate of drug-likeness (QED) is 0.158. The van der Waals surface area contributed by atoms with Crippen molar-refractivity contribution in [1.29, 1.82) is 0 Å². The summed E-state index contributed by atoms with van der Waals surface area (Å²) in [5, 5.41) is 12.2. The molecule has 0 radical (unpaired) electrons. The lowest BCUT2D eigenvalue weighted by atomic mass is 9.83. The SMILES string of the molecule is c1ccc(Nc2ccccc2Nc2ccc(-c3c4ccccc4c(-c4ccccc4-c4ccc(-c5ccccc5)cc4)c4ccccc34)cc2)cc1. The number of fused-ring (bicyclic) bond motifs is 2. The van der Waals surface area contributed by atoms with Crippen LogP contribution in [-0.4, -0.2) is 0 Å². The Morgan fingerprint density at radius 2 is 0.615 bits per heavy atom. The molecule has 0 atom stereocenters. The van der Waals surface area contributed by atoms with Gasteiger partial charge in [0.2, 0.25) is 0 Å². The number of benzene rings is 9. The third-order valence-electron chi connectivity index (χ3n) is 9.86. The Kier molecular flexibility index (Phi) is 8.24. The van der Waals surface area contributed by atoms with E-state index in [2.05, 4.69) is 199 Å². The Hall–Kier alpha value is -6.90. The van der Waals surface area contributed by atoms with Crippen LogP contribution in [0.3, 0.4) is 0 Å². The largest absolute Gasteiger partial charge is 0.354 e. The Morgan fingerprint density at radius 1 is 0.231 bits per heavy atom. The van der Waals surface area contributed by atoms with Gasteiger partial charge in [-0.1, -0.05) is 170 Å². The number of anilines is 4. The number of nitrogens with one attached hydrogen (secondary N) is 2.